The Labute approximate surface area is 393 Å². The van der Waals surface area contributed by atoms with Crippen molar-refractivity contribution in [1.82, 2.24) is 24.9 Å². The molecule has 0 radical (unpaired) electrons. The molecule has 0 unspecified atom stereocenters. The Morgan fingerprint density at radius 1 is 0.623 bits per heavy atom. The van der Waals surface area contributed by atoms with Crippen LogP contribution in [0, 0.1) is 34.3 Å². The third kappa shape index (κ3) is 7.87. The summed E-state index contributed by atoms with van der Waals surface area (Å²) in [4.78, 5) is 26.7. The van der Waals surface area contributed by atoms with Gasteiger partial charge in [0.2, 0.25) is 5.91 Å². The molecular formula is C53H53F8N5O3. The molecule has 6 aromatic rings. The van der Waals surface area contributed by atoms with Crippen molar-refractivity contribution in [2.45, 2.75) is 133 Å². The predicted molar refractivity (Wildman–Crippen MR) is 243 cm³/mol. The first-order chi connectivity index (χ1) is 32.7. The zero-order valence-electron chi connectivity index (χ0n) is 38.3. The largest absolute Gasteiger partial charge is 0.481 e. The van der Waals surface area contributed by atoms with E-state index in [1.165, 1.54) is 38.1 Å². The highest BCUT2D eigenvalue weighted by Gasteiger charge is 2.63. The SMILES string of the molecule is C[C@]1(C(F)(F)F)CC[C@@]2(C(=O)NC3CC3)c3cc4cnn(-c5ccc(F)cc5)c4cc3CCC[C@@H]2C1.C[C@]1(C(F)(F)F)CC[C@@]2(C(=O)O)c3cc4cnn(-c5ccc(F)cc5)c4cc3CCC[C@@H]2C1. The topological polar surface area (TPSA) is 102 Å². The zero-order valence-corrected chi connectivity index (χ0v) is 38.3. The molecule has 364 valence electrons. The number of alkyl halides is 6. The van der Waals surface area contributed by atoms with Crippen molar-refractivity contribution in [3.05, 3.63) is 119 Å². The number of aromatic nitrogens is 4. The minimum Gasteiger partial charge on any atom is -0.481 e. The van der Waals surface area contributed by atoms with Gasteiger partial charge in [0.15, 0.2) is 0 Å². The second kappa shape index (κ2) is 16.7. The lowest BCUT2D eigenvalue weighted by Crippen LogP contribution is -2.56. The summed E-state index contributed by atoms with van der Waals surface area (Å²) in [5.74, 6) is -2.84. The molecule has 6 atom stereocenters. The molecule has 16 heteroatoms. The number of halogens is 8. The van der Waals surface area contributed by atoms with Crippen molar-refractivity contribution in [3.8, 4) is 11.4 Å². The molecule has 5 aliphatic rings. The summed E-state index contributed by atoms with van der Waals surface area (Å²) in [5.41, 5.74) is 0.314. The first-order valence-corrected chi connectivity index (χ1v) is 23.9. The van der Waals surface area contributed by atoms with Crippen LogP contribution in [0.2, 0.25) is 0 Å². The quantitative estimate of drug-likeness (QED) is 0.168. The van der Waals surface area contributed by atoms with Crippen LogP contribution in [0.5, 0.6) is 0 Å². The molecule has 11 rings (SSSR count). The van der Waals surface area contributed by atoms with Crippen LogP contribution in [0.3, 0.4) is 0 Å². The van der Waals surface area contributed by atoms with Crippen LogP contribution in [-0.2, 0) is 33.3 Å². The molecule has 2 aromatic heterocycles. The number of nitrogens with one attached hydrogen (secondary N) is 1. The van der Waals surface area contributed by atoms with Crippen molar-refractivity contribution in [1.29, 1.82) is 0 Å². The first kappa shape index (κ1) is 46.9. The van der Waals surface area contributed by atoms with Gasteiger partial charge in [-0.2, -0.15) is 36.5 Å². The number of amides is 1. The fourth-order valence-corrected chi connectivity index (χ4v) is 12.4. The maximum absolute atomic E-state index is 14.1. The summed E-state index contributed by atoms with van der Waals surface area (Å²) in [5, 5.41) is 24.0. The van der Waals surface area contributed by atoms with Gasteiger partial charge < -0.3 is 10.4 Å². The van der Waals surface area contributed by atoms with Gasteiger partial charge in [0, 0.05) is 16.8 Å². The number of aliphatic carboxylic acids is 1. The van der Waals surface area contributed by atoms with Gasteiger partial charge >= 0.3 is 18.3 Å². The van der Waals surface area contributed by atoms with E-state index in [9.17, 15) is 49.8 Å². The number of carbonyl (C=O) groups excluding carboxylic acids is 1. The third-order valence-corrected chi connectivity index (χ3v) is 16.7. The maximum atomic E-state index is 14.1. The number of carboxylic acids is 1. The lowest BCUT2D eigenvalue weighted by Gasteiger charge is -2.50. The van der Waals surface area contributed by atoms with Crippen LogP contribution in [0.1, 0.15) is 113 Å². The number of carbonyl (C=O) groups is 2. The lowest BCUT2D eigenvalue weighted by molar-refractivity contribution is -0.238. The van der Waals surface area contributed by atoms with E-state index in [0.29, 0.717) is 48.7 Å². The van der Waals surface area contributed by atoms with Crippen molar-refractivity contribution in [2.75, 3.05) is 0 Å². The Hall–Kier alpha value is -5.80. The number of rotatable bonds is 5. The van der Waals surface area contributed by atoms with Crippen LogP contribution in [0.4, 0.5) is 35.1 Å². The molecule has 2 heterocycles. The Balaban J connectivity index is 0.000000161. The van der Waals surface area contributed by atoms with E-state index in [1.54, 1.807) is 52.1 Å². The summed E-state index contributed by atoms with van der Waals surface area (Å²) in [6, 6.07) is 19.9. The van der Waals surface area contributed by atoms with Crippen LogP contribution < -0.4 is 5.32 Å². The lowest BCUT2D eigenvalue weighted by atomic mass is 9.54. The highest BCUT2D eigenvalue weighted by atomic mass is 19.4. The number of carboxylic acid groups (broad SMARTS) is 1. The smallest absolute Gasteiger partial charge is 0.394 e. The van der Waals surface area contributed by atoms with E-state index < -0.39 is 45.9 Å². The monoisotopic (exact) mass is 959 g/mol. The molecule has 3 fully saturated rings. The van der Waals surface area contributed by atoms with Crippen LogP contribution in [0.15, 0.2) is 85.2 Å². The number of fused-ring (bicyclic) bond motifs is 8. The number of benzene rings is 4. The standard InChI is InChI=1S/C28H29F4N3O.C25H24F4N2O2/c1-26(28(30,31)32)11-12-27(25(36)34-21-7-8-21)19(15-26)4-2-3-17-14-24-18(13-23(17)27)16-33-35(24)22-9-5-20(29)6-10-22;1-23(25(27,28)29)9-10-24(22(32)33)17(13-23)4-2-3-15-12-21-16(11-20(15)24)14-30-31(21)19-7-5-18(26)6-8-19/h5-6,9-10,13-14,16,19,21H,2-4,7-8,11-12,15H2,1H3,(H,34,36);5-8,11-12,14,17H,2-4,9-10,13H2,1H3,(H,32,33)/t19-,26+,27+;17-,23+,24+/m11/s1. The molecule has 3 saturated carbocycles. The van der Waals surface area contributed by atoms with Crippen molar-refractivity contribution in [3.63, 3.8) is 0 Å². The van der Waals surface area contributed by atoms with Gasteiger partial charge in [-0.1, -0.05) is 13.8 Å². The molecular weight excluding hydrogens is 907 g/mol. The molecule has 0 aliphatic heterocycles. The van der Waals surface area contributed by atoms with Gasteiger partial charge in [0.1, 0.15) is 11.6 Å². The molecule has 0 spiro atoms. The molecule has 2 N–H and O–H groups in total. The summed E-state index contributed by atoms with van der Waals surface area (Å²) in [6.07, 6.45) is -0.232. The average Bonchev–Trinajstić information content (AvgIpc) is 3.95. The number of nitrogens with zero attached hydrogens (tertiary/aromatic N) is 4. The molecule has 0 bridgehead atoms. The molecule has 8 nitrogen and oxygen atoms in total. The fraction of sp³-hybridized carbons (Fsp3) is 0.472. The van der Waals surface area contributed by atoms with Gasteiger partial charge in [-0.3, -0.25) is 9.59 Å². The Morgan fingerprint density at radius 3 is 1.46 bits per heavy atom. The van der Waals surface area contributed by atoms with Gasteiger partial charge in [-0.05, 0) is 197 Å². The van der Waals surface area contributed by atoms with Gasteiger partial charge in [-0.15, -0.1) is 0 Å². The minimum atomic E-state index is -4.37. The summed E-state index contributed by atoms with van der Waals surface area (Å²) >= 11 is 0. The van der Waals surface area contributed by atoms with Crippen molar-refractivity contribution < 1.29 is 49.8 Å². The second-order valence-electron chi connectivity index (χ2n) is 20.9. The van der Waals surface area contributed by atoms with E-state index >= 15 is 0 Å². The van der Waals surface area contributed by atoms with Crippen molar-refractivity contribution in [2.24, 2.45) is 22.7 Å². The van der Waals surface area contributed by atoms with E-state index in [-0.39, 0.29) is 68.0 Å². The number of hydrogen-bond acceptors (Lipinski definition) is 4. The number of hydrogen-bond donors (Lipinski definition) is 2. The molecule has 4 aromatic carbocycles. The molecule has 5 aliphatic carbocycles. The summed E-state index contributed by atoms with van der Waals surface area (Å²) < 4.78 is 114. The predicted octanol–water partition coefficient (Wildman–Crippen LogP) is 12.6. The number of aryl methyl sites for hydroxylation is 2. The zero-order chi connectivity index (χ0) is 48.9. The van der Waals surface area contributed by atoms with Crippen LogP contribution >= 0.6 is 0 Å². The maximum Gasteiger partial charge on any atom is 0.394 e. The van der Waals surface area contributed by atoms with Gasteiger partial charge in [0.25, 0.3) is 0 Å². The van der Waals surface area contributed by atoms with Gasteiger partial charge in [0.05, 0.1) is 56.5 Å². The molecule has 69 heavy (non-hydrogen) atoms. The first-order valence-electron chi connectivity index (χ1n) is 23.9. The average molecular weight is 960 g/mol. The molecule has 0 saturated heterocycles. The Kier molecular flexibility index (Phi) is 11.3. The Bertz CT molecular complexity index is 2960. The summed E-state index contributed by atoms with van der Waals surface area (Å²) in [6.45, 7) is 2.54. The fourth-order valence-electron chi connectivity index (χ4n) is 12.4. The normalized spacial score (nSPS) is 28.0. The summed E-state index contributed by atoms with van der Waals surface area (Å²) in [7, 11) is 0. The van der Waals surface area contributed by atoms with E-state index in [4.69, 9.17) is 0 Å². The second-order valence-corrected chi connectivity index (χ2v) is 20.9. The Morgan fingerprint density at radius 2 is 1.04 bits per heavy atom. The van der Waals surface area contributed by atoms with Crippen LogP contribution in [-0.4, -0.2) is 54.9 Å². The molecule has 1 amide bonds. The van der Waals surface area contributed by atoms with E-state index in [0.717, 1.165) is 58.1 Å². The third-order valence-electron chi connectivity index (χ3n) is 16.7. The van der Waals surface area contributed by atoms with E-state index in [2.05, 4.69) is 15.5 Å². The highest BCUT2D eigenvalue weighted by molar-refractivity contribution is 5.93. The van der Waals surface area contributed by atoms with Gasteiger partial charge in [-0.25, -0.2) is 18.1 Å². The minimum absolute atomic E-state index is 0.0408. The highest BCUT2D eigenvalue weighted by Crippen LogP contribution is 2.61. The van der Waals surface area contributed by atoms with Crippen molar-refractivity contribution >= 4 is 33.7 Å². The van der Waals surface area contributed by atoms with E-state index in [1.807, 2.05) is 18.2 Å². The van der Waals surface area contributed by atoms with Crippen LogP contribution in [0.25, 0.3) is 33.2 Å².